The minimum Gasteiger partial charge on any atom is -0.376 e. The van der Waals surface area contributed by atoms with Crippen LogP contribution in [0.1, 0.15) is 19.8 Å². The van der Waals surface area contributed by atoms with E-state index in [2.05, 4.69) is 17.1 Å². The largest absolute Gasteiger partial charge is 0.376 e. The van der Waals surface area contributed by atoms with Crippen molar-refractivity contribution in [2.24, 2.45) is 0 Å². The first-order valence-electron chi connectivity index (χ1n) is 6.53. The number of piperidine rings is 1. The number of nitrogens with one attached hydrogen (secondary N) is 1. The molecule has 0 aliphatic carbocycles. The fourth-order valence-electron chi connectivity index (χ4n) is 2.41. The van der Waals surface area contributed by atoms with Crippen LogP contribution >= 0.6 is 0 Å². The molecule has 2 fully saturated rings. The van der Waals surface area contributed by atoms with Crippen molar-refractivity contribution in [1.82, 2.24) is 10.2 Å². The highest BCUT2D eigenvalue weighted by atomic mass is 16.6. The molecule has 4 nitrogen and oxygen atoms in total. The number of nitrogens with zero attached hydrogens (tertiary/aromatic N) is 1. The molecule has 2 saturated heterocycles. The van der Waals surface area contributed by atoms with Crippen LogP contribution in [0.15, 0.2) is 0 Å². The Morgan fingerprint density at radius 3 is 2.69 bits per heavy atom. The van der Waals surface area contributed by atoms with Crippen molar-refractivity contribution in [3.05, 3.63) is 0 Å². The third-order valence-corrected chi connectivity index (χ3v) is 3.55. The van der Waals surface area contributed by atoms with Crippen LogP contribution in [0, 0.1) is 0 Å². The Kier molecular flexibility index (Phi) is 5.03. The Morgan fingerprint density at radius 1 is 1.25 bits per heavy atom. The molecule has 1 N–H and O–H groups in total. The van der Waals surface area contributed by atoms with E-state index in [0.29, 0.717) is 6.04 Å². The highest BCUT2D eigenvalue weighted by molar-refractivity contribution is 4.78. The summed E-state index contributed by atoms with van der Waals surface area (Å²) in [7, 11) is 0. The Balaban J connectivity index is 1.59. The van der Waals surface area contributed by atoms with Gasteiger partial charge >= 0.3 is 0 Å². The maximum absolute atomic E-state index is 5.61. The molecule has 0 bridgehead atoms. The molecule has 1 atom stereocenters. The van der Waals surface area contributed by atoms with Crippen LogP contribution < -0.4 is 5.32 Å². The van der Waals surface area contributed by atoms with Crippen molar-refractivity contribution in [3.63, 3.8) is 0 Å². The van der Waals surface area contributed by atoms with E-state index in [-0.39, 0.29) is 6.10 Å². The number of rotatable bonds is 4. The van der Waals surface area contributed by atoms with Gasteiger partial charge in [-0.15, -0.1) is 0 Å². The van der Waals surface area contributed by atoms with Gasteiger partial charge in [0.15, 0.2) is 0 Å². The van der Waals surface area contributed by atoms with Crippen molar-refractivity contribution in [1.29, 1.82) is 0 Å². The van der Waals surface area contributed by atoms with Crippen LogP contribution in [0.5, 0.6) is 0 Å². The third-order valence-electron chi connectivity index (χ3n) is 3.55. The normalized spacial score (nSPS) is 29.4. The van der Waals surface area contributed by atoms with Crippen LogP contribution in [0.4, 0.5) is 0 Å². The van der Waals surface area contributed by atoms with Crippen LogP contribution in [-0.2, 0) is 9.47 Å². The fourth-order valence-corrected chi connectivity index (χ4v) is 2.41. The number of hydrogen-bond acceptors (Lipinski definition) is 4. The molecule has 0 aromatic carbocycles. The summed E-state index contributed by atoms with van der Waals surface area (Å²) >= 11 is 0. The summed E-state index contributed by atoms with van der Waals surface area (Å²) in [6, 6.07) is 0.674. The number of ether oxygens (including phenoxy) is 2. The molecule has 0 spiro atoms. The van der Waals surface area contributed by atoms with E-state index in [9.17, 15) is 0 Å². The fraction of sp³-hybridized carbons (Fsp3) is 1.00. The zero-order valence-corrected chi connectivity index (χ0v) is 10.3. The molecule has 2 rings (SSSR count). The van der Waals surface area contributed by atoms with Gasteiger partial charge in [-0.05, 0) is 32.5 Å². The van der Waals surface area contributed by atoms with Crippen LogP contribution in [0.3, 0.4) is 0 Å². The molecule has 0 saturated carbocycles. The van der Waals surface area contributed by atoms with Crippen molar-refractivity contribution < 1.29 is 9.47 Å². The molecule has 1 unspecified atom stereocenters. The summed E-state index contributed by atoms with van der Waals surface area (Å²) in [6.07, 6.45) is 2.79. The highest BCUT2D eigenvalue weighted by Gasteiger charge is 2.20. The first kappa shape index (κ1) is 12.3. The van der Waals surface area contributed by atoms with Gasteiger partial charge in [0.1, 0.15) is 0 Å². The Morgan fingerprint density at radius 2 is 2.06 bits per heavy atom. The zero-order chi connectivity index (χ0) is 11.2. The molecule has 2 heterocycles. The maximum atomic E-state index is 5.61. The lowest BCUT2D eigenvalue weighted by molar-refractivity contribution is -0.0874. The summed E-state index contributed by atoms with van der Waals surface area (Å²) in [5, 5.41) is 3.60. The van der Waals surface area contributed by atoms with E-state index >= 15 is 0 Å². The van der Waals surface area contributed by atoms with E-state index in [1.54, 1.807) is 0 Å². The van der Waals surface area contributed by atoms with Gasteiger partial charge in [-0.2, -0.15) is 0 Å². The molecule has 0 radical (unpaired) electrons. The summed E-state index contributed by atoms with van der Waals surface area (Å²) < 4.78 is 11.0. The van der Waals surface area contributed by atoms with E-state index in [4.69, 9.17) is 9.47 Å². The molecular weight excluding hydrogens is 204 g/mol. The van der Waals surface area contributed by atoms with Gasteiger partial charge in [-0.1, -0.05) is 6.92 Å². The topological polar surface area (TPSA) is 33.7 Å². The molecule has 16 heavy (non-hydrogen) atoms. The van der Waals surface area contributed by atoms with Gasteiger partial charge in [0.25, 0.3) is 0 Å². The average molecular weight is 228 g/mol. The quantitative estimate of drug-likeness (QED) is 0.758. The van der Waals surface area contributed by atoms with Gasteiger partial charge < -0.3 is 19.7 Å². The molecule has 4 heteroatoms. The molecular formula is C12H24N2O2. The van der Waals surface area contributed by atoms with Gasteiger partial charge in [0.2, 0.25) is 0 Å². The molecule has 94 valence electrons. The second-order valence-corrected chi connectivity index (χ2v) is 4.68. The van der Waals surface area contributed by atoms with Crippen molar-refractivity contribution in [3.8, 4) is 0 Å². The smallest absolute Gasteiger partial charge is 0.0933 e. The third kappa shape index (κ3) is 3.70. The lowest BCUT2D eigenvalue weighted by atomic mass is 10.0. The lowest BCUT2D eigenvalue weighted by Gasteiger charge is -2.33. The Labute approximate surface area is 98.3 Å². The predicted octanol–water partition coefficient (Wildman–Crippen LogP) is 0.476. The van der Waals surface area contributed by atoms with Gasteiger partial charge in [0.05, 0.1) is 25.9 Å². The second-order valence-electron chi connectivity index (χ2n) is 4.68. The summed E-state index contributed by atoms with van der Waals surface area (Å²) in [6.45, 7) is 9.09. The van der Waals surface area contributed by atoms with Gasteiger partial charge in [-0.25, -0.2) is 0 Å². The molecule has 0 aromatic rings. The molecule has 0 aromatic heterocycles. The first-order valence-corrected chi connectivity index (χ1v) is 6.53. The van der Waals surface area contributed by atoms with E-state index < -0.39 is 0 Å². The van der Waals surface area contributed by atoms with Crippen molar-refractivity contribution >= 4 is 0 Å². The van der Waals surface area contributed by atoms with Gasteiger partial charge in [0, 0.05) is 12.6 Å². The number of hydrogen-bond donors (Lipinski definition) is 1. The van der Waals surface area contributed by atoms with Crippen molar-refractivity contribution in [2.75, 3.05) is 46.0 Å². The van der Waals surface area contributed by atoms with E-state index in [1.165, 1.54) is 32.5 Å². The lowest BCUT2D eigenvalue weighted by Crippen LogP contribution is -2.46. The van der Waals surface area contributed by atoms with E-state index in [0.717, 1.165) is 26.4 Å². The van der Waals surface area contributed by atoms with Crippen molar-refractivity contribution in [2.45, 2.75) is 31.9 Å². The standard InChI is InChI=1S/C12H24N2O2/c1-2-14-5-3-11(4-6-14)13-9-12-10-15-7-8-16-12/h11-13H,2-10H2,1H3. The molecule has 2 aliphatic rings. The number of likely N-dealkylation sites (tertiary alicyclic amines) is 1. The summed E-state index contributed by atoms with van der Waals surface area (Å²) in [4.78, 5) is 2.51. The minimum absolute atomic E-state index is 0.262. The monoisotopic (exact) mass is 228 g/mol. The predicted molar refractivity (Wildman–Crippen MR) is 63.7 cm³/mol. The SMILES string of the molecule is CCN1CCC(NCC2COCCO2)CC1. The summed E-state index contributed by atoms with van der Waals surface area (Å²) in [5.74, 6) is 0. The van der Waals surface area contributed by atoms with Gasteiger partial charge in [-0.3, -0.25) is 0 Å². The first-order chi connectivity index (χ1) is 7.88. The van der Waals surface area contributed by atoms with Crippen LogP contribution in [0.2, 0.25) is 0 Å². The van der Waals surface area contributed by atoms with Crippen LogP contribution in [-0.4, -0.2) is 63.0 Å². The Bertz CT molecular complexity index is 187. The average Bonchev–Trinajstić information content (AvgIpc) is 2.38. The zero-order valence-electron chi connectivity index (χ0n) is 10.3. The minimum atomic E-state index is 0.262. The molecule has 2 aliphatic heterocycles. The molecule has 0 amide bonds. The maximum Gasteiger partial charge on any atom is 0.0933 e. The van der Waals surface area contributed by atoms with Crippen LogP contribution in [0.25, 0.3) is 0 Å². The second kappa shape index (κ2) is 6.55. The summed E-state index contributed by atoms with van der Waals surface area (Å²) in [5.41, 5.74) is 0. The Hall–Kier alpha value is -0.160. The van der Waals surface area contributed by atoms with E-state index in [1.807, 2.05) is 0 Å². The highest BCUT2D eigenvalue weighted by Crippen LogP contribution is 2.10.